The van der Waals surface area contributed by atoms with Gasteiger partial charge >= 0.3 is 6.03 Å². The Morgan fingerprint density at radius 1 is 1.00 bits per heavy atom. The highest BCUT2D eigenvalue weighted by Crippen LogP contribution is 2.27. The molecule has 0 aliphatic carbocycles. The third kappa shape index (κ3) is 6.52. The van der Waals surface area contributed by atoms with Gasteiger partial charge in [-0.05, 0) is 57.5 Å². The number of rotatable bonds is 6. The monoisotopic (exact) mass is 479 g/mol. The number of para-hydroxylation sites is 1. The first-order valence-corrected chi connectivity index (χ1v) is 12.6. The number of hydrogen-bond acceptors (Lipinski definition) is 5. The molecular weight excluding hydrogens is 442 g/mol. The van der Waals surface area contributed by atoms with Crippen LogP contribution >= 0.6 is 0 Å². The van der Waals surface area contributed by atoms with Crippen molar-refractivity contribution in [3.63, 3.8) is 0 Å². The average Bonchev–Trinajstić information content (AvgIpc) is 3.18. The Balaban J connectivity index is 1.46. The second kappa shape index (κ2) is 12.0. The van der Waals surface area contributed by atoms with Crippen LogP contribution < -0.4 is 20.7 Å². The van der Waals surface area contributed by atoms with E-state index in [9.17, 15) is 9.59 Å². The quantitative estimate of drug-likeness (QED) is 0.593. The summed E-state index contributed by atoms with van der Waals surface area (Å²) in [5.41, 5.74) is 2.43. The van der Waals surface area contributed by atoms with E-state index in [-0.39, 0.29) is 5.91 Å². The van der Waals surface area contributed by atoms with Gasteiger partial charge in [0.05, 0.1) is 7.11 Å². The number of nitrogens with zero attached hydrogens (tertiary/aromatic N) is 2. The number of anilines is 1. The van der Waals surface area contributed by atoms with Crippen molar-refractivity contribution in [2.45, 2.75) is 38.3 Å². The van der Waals surface area contributed by atoms with Crippen LogP contribution in [0.5, 0.6) is 5.75 Å². The fraction of sp³-hybridized carbons (Fsp3) is 0.481. The van der Waals surface area contributed by atoms with Crippen LogP contribution in [-0.2, 0) is 4.79 Å². The Labute approximate surface area is 208 Å². The maximum absolute atomic E-state index is 13.7. The van der Waals surface area contributed by atoms with Crippen molar-refractivity contribution in [3.8, 4) is 5.75 Å². The van der Waals surface area contributed by atoms with Gasteiger partial charge in [0.2, 0.25) is 5.91 Å². The Hall–Kier alpha value is -3.10. The molecule has 3 N–H and O–H groups in total. The molecule has 2 saturated heterocycles. The third-order valence-electron chi connectivity index (χ3n) is 6.97. The Kier molecular flexibility index (Phi) is 8.60. The number of aryl methyl sites for hydroxylation is 1. The smallest absolute Gasteiger partial charge is 0.320 e. The molecule has 2 aliphatic heterocycles. The summed E-state index contributed by atoms with van der Waals surface area (Å²) in [5, 5.41) is 9.23. The van der Waals surface area contributed by atoms with Gasteiger partial charge in [-0.15, -0.1) is 0 Å². The summed E-state index contributed by atoms with van der Waals surface area (Å²) in [5.74, 6) is 0.460. The lowest BCUT2D eigenvalue weighted by Gasteiger charge is -2.40. The molecule has 2 unspecified atom stereocenters. The van der Waals surface area contributed by atoms with Gasteiger partial charge in [0.1, 0.15) is 11.8 Å². The van der Waals surface area contributed by atoms with Gasteiger partial charge in [0.25, 0.3) is 0 Å². The summed E-state index contributed by atoms with van der Waals surface area (Å²) in [4.78, 5) is 31.0. The average molecular weight is 480 g/mol. The van der Waals surface area contributed by atoms with Crippen LogP contribution in [0.25, 0.3) is 0 Å². The third-order valence-corrected chi connectivity index (χ3v) is 6.97. The molecule has 0 bridgehead atoms. The van der Waals surface area contributed by atoms with E-state index in [0.29, 0.717) is 36.1 Å². The number of benzene rings is 2. The second-order valence-electron chi connectivity index (χ2n) is 9.34. The van der Waals surface area contributed by atoms with Crippen molar-refractivity contribution >= 4 is 17.6 Å². The zero-order chi connectivity index (χ0) is 24.6. The lowest BCUT2D eigenvalue weighted by atomic mass is 10.0. The van der Waals surface area contributed by atoms with E-state index in [1.54, 1.807) is 7.11 Å². The van der Waals surface area contributed by atoms with Crippen LogP contribution in [0.4, 0.5) is 10.5 Å². The molecule has 2 aliphatic rings. The number of piperazine rings is 1. The van der Waals surface area contributed by atoms with Crippen LogP contribution in [0, 0.1) is 6.92 Å². The molecule has 2 atom stereocenters. The molecule has 4 rings (SSSR count). The molecule has 2 heterocycles. The molecule has 8 heteroatoms. The predicted molar refractivity (Wildman–Crippen MR) is 138 cm³/mol. The van der Waals surface area contributed by atoms with Gasteiger partial charge in [0.15, 0.2) is 0 Å². The molecule has 2 fully saturated rings. The van der Waals surface area contributed by atoms with Crippen molar-refractivity contribution < 1.29 is 14.3 Å². The maximum Gasteiger partial charge on any atom is 0.320 e. The summed E-state index contributed by atoms with van der Waals surface area (Å²) in [6.07, 6.45) is 3.55. The fourth-order valence-electron chi connectivity index (χ4n) is 4.97. The molecule has 0 aromatic heterocycles. The van der Waals surface area contributed by atoms with Gasteiger partial charge in [-0.2, -0.15) is 0 Å². The molecule has 0 radical (unpaired) electrons. The van der Waals surface area contributed by atoms with Gasteiger partial charge in [0, 0.05) is 43.5 Å². The molecule has 2 aromatic carbocycles. The molecule has 0 saturated carbocycles. The van der Waals surface area contributed by atoms with Crippen LogP contribution in [0.3, 0.4) is 0 Å². The first kappa shape index (κ1) is 25.0. The minimum Gasteiger partial charge on any atom is -0.496 e. The van der Waals surface area contributed by atoms with Crippen molar-refractivity contribution in [2.24, 2.45) is 0 Å². The number of methoxy groups -OCH3 is 1. The van der Waals surface area contributed by atoms with Gasteiger partial charge in [-0.3, -0.25) is 9.69 Å². The largest absolute Gasteiger partial charge is 0.496 e. The normalized spacial score (nSPS) is 19.9. The molecule has 8 nitrogen and oxygen atoms in total. The van der Waals surface area contributed by atoms with E-state index in [0.717, 1.165) is 38.2 Å². The predicted octanol–water partition coefficient (Wildman–Crippen LogP) is 3.15. The summed E-state index contributed by atoms with van der Waals surface area (Å²) in [6.45, 7) is 7.14. The number of carbonyl (C=O) groups is 2. The minimum atomic E-state index is -0.842. The van der Waals surface area contributed by atoms with E-state index >= 15 is 0 Å². The topological polar surface area (TPSA) is 85.9 Å². The van der Waals surface area contributed by atoms with Crippen molar-refractivity contribution in [1.82, 2.24) is 20.4 Å². The zero-order valence-electron chi connectivity index (χ0n) is 20.8. The van der Waals surface area contributed by atoms with Crippen molar-refractivity contribution in [3.05, 3.63) is 59.7 Å². The van der Waals surface area contributed by atoms with Crippen molar-refractivity contribution in [1.29, 1.82) is 0 Å². The van der Waals surface area contributed by atoms with E-state index in [1.165, 1.54) is 12.8 Å². The molecule has 0 spiro atoms. The number of ether oxygens (including phenoxy) is 1. The van der Waals surface area contributed by atoms with Gasteiger partial charge < -0.3 is 25.6 Å². The molecular formula is C27H37N5O3. The Bertz CT molecular complexity index is 981. The molecule has 188 valence electrons. The molecule has 2 aromatic rings. The van der Waals surface area contributed by atoms with Gasteiger partial charge in [-0.1, -0.05) is 35.9 Å². The SMILES string of the molecule is COc1ccccc1C(NC(=O)Nc1ccc(C)cc1)C(=O)N1CCN(C2CCCNCC2)CC1. The van der Waals surface area contributed by atoms with Crippen LogP contribution in [0.2, 0.25) is 0 Å². The minimum absolute atomic E-state index is 0.115. The summed E-state index contributed by atoms with van der Waals surface area (Å²) >= 11 is 0. The van der Waals surface area contributed by atoms with E-state index in [4.69, 9.17) is 4.74 Å². The Morgan fingerprint density at radius 3 is 2.49 bits per heavy atom. The van der Waals surface area contributed by atoms with Crippen molar-refractivity contribution in [2.75, 3.05) is 51.7 Å². The summed E-state index contributed by atoms with van der Waals surface area (Å²) in [7, 11) is 1.58. The second-order valence-corrected chi connectivity index (χ2v) is 9.34. The van der Waals surface area contributed by atoms with Crippen LogP contribution in [0.15, 0.2) is 48.5 Å². The fourth-order valence-corrected chi connectivity index (χ4v) is 4.97. The zero-order valence-corrected chi connectivity index (χ0v) is 20.8. The highest BCUT2D eigenvalue weighted by atomic mass is 16.5. The Morgan fingerprint density at radius 2 is 1.74 bits per heavy atom. The lowest BCUT2D eigenvalue weighted by Crippen LogP contribution is -2.54. The van der Waals surface area contributed by atoms with E-state index in [2.05, 4.69) is 20.9 Å². The van der Waals surface area contributed by atoms with Crippen LogP contribution in [0.1, 0.15) is 36.4 Å². The number of amides is 3. The summed E-state index contributed by atoms with van der Waals surface area (Å²) < 4.78 is 5.53. The standard InChI is InChI=1S/C27H37N5O3/c1-20-9-11-21(12-10-20)29-27(34)30-25(23-7-3-4-8-24(23)35-2)26(33)32-18-16-31(17-19-32)22-6-5-14-28-15-13-22/h3-4,7-12,22,25,28H,5-6,13-19H2,1-2H3,(H2,29,30,34). The first-order valence-electron chi connectivity index (χ1n) is 12.6. The maximum atomic E-state index is 13.7. The highest BCUT2D eigenvalue weighted by Gasteiger charge is 2.33. The molecule has 35 heavy (non-hydrogen) atoms. The molecule has 3 amide bonds. The number of hydrogen-bond donors (Lipinski definition) is 3. The summed E-state index contributed by atoms with van der Waals surface area (Å²) in [6, 6.07) is 14.2. The number of nitrogens with one attached hydrogen (secondary N) is 3. The van der Waals surface area contributed by atoms with E-state index < -0.39 is 12.1 Å². The lowest BCUT2D eigenvalue weighted by molar-refractivity contribution is -0.135. The number of urea groups is 1. The van der Waals surface area contributed by atoms with E-state index in [1.807, 2.05) is 60.4 Å². The number of carbonyl (C=O) groups excluding carboxylic acids is 2. The van der Waals surface area contributed by atoms with Gasteiger partial charge in [-0.25, -0.2) is 4.79 Å². The first-order chi connectivity index (χ1) is 17.0. The van der Waals surface area contributed by atoms with Crippen LogP contribution in [-0.4, -0.2) is 74.2 Å². The highest BCUT2D eigenvalue weighted by molar-refractivity contribution is 5.94.